The Labute approximate surface area is 98.7 Å². The highest BCUT2D eigenvalue weighted by molar-refractivity contribution is 5.78. The molecule has 5 heteroatoms. The van der Waals surface area contributed by atoms with Gasteiger partial charge in [0.2, 0.25) is 6.41 Å². The highest BCUT2D eigenvalue weighted by Crippen LogP contribution is 2.20. The van der Waals surface area contributed by atoms with E-state index in [-0.39, 0.29) is 5.56 Å². The van der Waals surface area contributed by atoms with Crippen molar-refractivity contribution in [3.05, 3.63) is 35.6 Å². The molecule has 17 heavy (non-hydrogen) atoms. The first-order chi connectivity index (χ1) is 8.10. The van der Waals surface area contributed by atoms with Crippen molar-refractivity contribution in [3.63, 3.8) is 0 Å². The highest BCUT2D eigenvalue weighted by Gasteiger charge is 2.26. The quantitative estimate of drug-likeness (QED) is 0.770. The molecule has 1 amide bonds. The zero-order valence-corrected chi connectivity index (χ0v) is 9.47. The van der Waals surface area contributed by atoms with Gasteiger partial charge in [-0.3, -0.25) is 4.79 Å². The van der Waals surface area contributed by atoms with Gasteiger partial charge < -0.3 is 10.0 Å². The first kappa shape index (κ1) is 13.2. The van der Waals surface area contributed by atoms with Gasteiger partial charge in [-0.2, -0.15) is 0 Å². The molecule has 1 aromatic carbocycles. The number of halogens is 1. The van der Waals surface area contributed by atoms with Crippen molar-refractivity contribution in [2.45, 2.75) is 19.4 Å². The van der Waals surface area contributed by atoms with E-state index in [1.807, 2.05) is 6.92 Å². The Bertz CT molecular complexity index is 408. The van der Waals surface area contributed by atoms with Crippen molar-refractivity contribution in [1.82, 2.24) is 4.90 Å². The summed E-state index contributed by atoms with van der Waals surface area (Å²) in [5, 5.41) is 9.12. The second kappa shape index (κ2) is 5.98. The predicted octanol–water partition coefficient (Wildman–Crippen LogP) is 1.82. The molecule has 0 radical (unpaired) electrons. The topological polar surface area (TPSA) is 57.6 Å². The molecule has 0 heterocycles. The second-order valence-electron chi connectivity index (χ2n) is 3.64. The van der Waals surface area contributed by atoms with E-state index >= 15 is 0 Å². The fourth-order valence-corrected chi connectivity index (χ4v) is 1.65. The van der Waals surface area contributed by atoms with Crippen LogP contribution in [0.4, 0.5) is 4.39 Å². The number of amides is 1. The monoisotopic (exact) mass is 239 g/mol. The van der Waals surface area contributed by atoms with E-state index in [1.165, 1.54) is 18.2 Å². The van der Waals surface area contributed by atoms with Crippen LogP contribution in [-0.4, -0.2) is 28.9 Å². The molecule has 0 bridgehead atoms. The van der Waals surface area contributed by atoms with Crippen molar-refractivity contribution < 1.29 is 19.1 Å². The SMILES string of the molecule is CCCN(C=O)C(C(=O)O)c1cccc(F)c1. The average Bonchev–Trinajstić information content (AvgIpc) is 2.28. The Morgan fingerprint density at radius 2 is 2.29 bits per heavy atom. The molecular formula is C12H14FNO3. The van der Waals surface area contributed by atoms with Crippen LogP contribution in [0.15, 0.2) is 24.3 Å². The number of hydrogen-bond acceptors (Lipinski definition) is 2. The lowest BCUT2D eigenvalue weighted by Crippen LogP contribution is -2.33. The van der Waals surface area contributed by atoms with Crippen molar-refractivity contribution in [1.29, 1.82) is 0 Å². The Balaban J connectivity index is 3.07. The molecule has 0 aromatic heterocycles. The molecule has 4 nitrogen and oxygen atoms in total. The summed E-state index contributed by atoms with van der Waals surface area (Å²) in [4.78, 5) is 23.2. The van der Waals surface area contributed by atoms with Crippen LogP contribution in [0.2, 0.25) is 0 Å². The van der Waals surface area contributed by atoms with E-state index in [0.717, 1.165) is 11.0 Å². The molecule has 0 aliphatic heterocycles. The maximum Gasteiger partial charge on any atom is 0.331 e. The molecule has 92 valence electrons. The summed E-state index contributed by atoms with van der Waals surface area (Å²) in [6, 6.07) is 4.14. The standard InChI is InChI=1S/C12H14FNO3/c1-2-6-14(8-15)11(12(16)17)9-4-3-5-10(13)7-9/h3-5,7-8,11H,2,6H2,1H3,(H,16,17). The summed E-state index contributed by atoms with van der Waals surface area (Å²) in [6.07, 6.45) is 1.12. The van der Waals surface area contributed by atoms with Crippen LogP contribution in [0.3, 0.4) is 0 Å². The smallest absolute Gasteiger partial charge is 0.331 e. The number of aliphatic carboxylic acids is 1. The first-order valence-corrected chi connectivity index (χ1v) is 5.29. The van der Waals surface area contributed by atoms with Gasteiger partial charge in [-0.1, -0.05) is 19.1 Å². The van der Waals surface area contributed by atoms with Crippen LogP contribution in [0, 0.1) is 5.82 Å². The van der Waals surface area contributed by atoms with Gasteiger partial charge in [0, 0.05) is 6.54 Å². The summed E-state index contributed by atoms with van der Waals surface area (Å²) in [5.41, 5.74) is 0.262. The molecule has 0 spiro atoms. The minimum Gasteiger partial charge on any atom is -0.479 e. The van der Waals surface area contributed by atoms with Gasteiger partial charge in [0.25, 0.3) is 0 Å². The lowest BCUT2D eigenvalue weighted by atomic mass is 10.1. The lowest BCUT2D eigenvalue weighted by Gasteiger charge is -2.24. The minimum atomic E-state index is -1.17. The molecule has 0 saturated carbocycles. The van der Waals surface area contributed by atoms with Crippen LogP contribution in [-0.2, 0) is 9.59 Å². The Hall–Kier alpha value is -1.91. The third kappa shape index (κ3) is 3.27. The van der Waals surface area contributed by atoms with Crippen LogP contribution in [0.1, 0.15) is 24.9 Å². The number of benzene rings is 1. The van der Waals surface area contributed by atoms with Crippen LogP contribution in [0.5, 0.6) is 0 Å². The van der Waals surface area contributed by atoms with Gasteiger partial charge in [0.15, 0.2) is 6.04 Å². The van der Waals surface area contributed by atoms with E-state index in [9.17, 15) is 14.0 Å². The molecule has 0 aliphatic carbocycles. The van der Waals surface area contributed by atoms with Crippen molar-refractivity contribution >= 4 is 12.4 Å². The van der Waals surface area contributed by atoms with E-state index in [4.69, 9.17) is 5.11 Å². The van der Waals surface area contributed by atoms with E-state index in [1.54, 1.807) is 0 Å². The minimum absolute atomic E-state index is 0.262. The molecular weight excluding hydrogens is 225 g/mol. The number of carboxylic acid groups (broad SMARTS) is 1. The van der Waals surface area contributed by atoms with Crippen LogP contribution in [0.25, 0.3) is 0 Å². The molecule has 1 atom stereocenters. The zero-order valence-electron chi connectivity index (χ0n) is 9.47. The number of nitrogens with zero attached hydrogens (tertiary/aromatic N) is 1. The summed E-state index contributed by atoms with van der Waals surface area (Å²) >= 11 is 0. The van der Waals surface area contributed by atoms with E-state index in [2.05, 4.69) is 0 Å². The zero-order chi connectivity index (χ0) is 12.8. The lowest BCUT2D eigenvalue weighted by molar-refractivity contribution is -0.146. The Morgan fingerprint density at radius 1 is 1.59 bits per heavy atom. The van der Waals surface area contributed by atoms with E-state index < -0.39 is 17.8 Å². The van der Waals surface area contributed by atoms with Gasteiger partial charge in [0.05, 0.1) is 0 Å². The molecule has 1 N–H and O–H groups in total. The molecule has 1 rings (SSSR count). The normalized spacial score (nSPS) is 11.9. The molecule has 1 aromatic rings. The number of carbonyl (C=O) groups excluding carboxylic acids is 1. The van der Waals surface area contributed by atoms with Gasteiger partial charge in [-0.15, -0.1) is 0 Å². The van der Waals surface area contributed by atoms with Gasteiger partial charge in [-0.25, -0.2) is 9.18 Å². The number of carboxylic acids is 1. The first-order valence-electron chi connectivity index (χ1n) is 5.29. The summed E-state index contributed by atoms with van der Waals surface area (Å²) in [6.45, 7) is 2.15. The van der Waals surface area contributed by atoms with Crippen molar-refractivity contribution in [2.24, 2.45) is 0 Å². The summed E-state index contributed by atoms with van der Waals surface area (Å²) in [5.74, 6) is -1.69. The third-order valence-electron chi connectivity index (χ3n) is 2.35. The average molecular weight is 239 g/mol. The predicted molar refractivity (Wildman–Crippen MR) is 59.8 cm³/mol. The second-order valence-corrected chi connectivity index (χ2v) is 3.64. The molecule has 0 fully saturated rings. The van der Waals surface area contributed by atoms with Gasteiger partial charge in [0.1, 0.15) is 5.82 Å². The van der Waals surface area contributed by atoms with Crippen LogP contribution >= 0.6 is 0 Å². The Kier molecular flexibility index (Phi) is 4.63. The summed E-state index contributed by atoms with van der Waals surface area (Å²) in [7, 11) is 0. The van der Waals surface area contributed by atoms with Crippen LogP contribution < -0.4 is 0 Å². The van der Waals surface area contributed by atoms with Gasteiger partial charge in [-0.05, 0) is 24.1 Å². The summed E-state index contributed by atoms with van der Waals surface area (Å²) < 4.78 is 13.0. The fourth-order valence-electron chi connectivity index (χ4n) is 1.65. The third-order valence-corrected chi connectivity index (χ3v) is 2.35. The number of rotatable bonds is 6. The molecule has 0 saturated heterocycles. The van der Waals surface area contributed by atoms with Crippen molar-refractivity contribution in [2.75, 3.05) is 6.54 Å². The fraction of sp³-hybridized carbons (Fsp3) is 0.333. The van der Waals surface area contributed by atoms with Gasteiger partial charge >= 0.3 is 5.97 Å². The molecule has 1 unspecified atom stereocenters. The molecule has 0 aliphatic rings. The highest BCUT2D eigenvalue weighted by atomic mass is 19.1. The number of carbonyl (C=O) groups is 2. The van der Waals surface area contributed by atoms with E-state index in [0.29, 0.717) is 19.4 Å². The maximum absolute atomic E-state index is 13.0. The van der Waals surface area contributed by atoms with Crippen molar-refractivity contribution in [3.8, 4) is 0 Å². The largest absolute Gasteiger partial charge is 0.479 e. The maximum atomic E-state index is 13.0. The number of hydrogen-bond donors (Lipinski definition) is 1. The Morgan fingerprint density at radius 3 is 2.76 bits per heavy atom.